The molecular formula is C21H22F2N6O. The molecule has 2 aliphatic carbocycles. The van der Waals surface area contributed by atoms with Gasteiger partial charge in [0.05, 0.1) is 6.20 Å². The second-order valence-electron chi connectivity index (χ2n) is 8.13. The summed E-state index contributed by atoms with van der Waals surface area (Å²) < 4.78 is 33.3. The third-order valence-corrected chi connectivity index (χ3v) is 5.89. The maximum Gasteiger partial charge on any atom is 0.265 e. The number of anilines is 1. The van der Waals surface area contributed by atoms with E-state index in [4.69, 9.17) is 4.74 Å². The molecule has 3 aromatic rings. The molecular weight excluding hydrogens is 390 g/mol. The first kappa shape index (κ1) is 18.9. The molecule has 2 aliphatic rings. The van der Waals surface area contributed by atoms with Gasteiger partial charge >= 0.3 is 0 Å². The monoisotopic (exact) mass is 412 g/mol. The molecule has 3 aromatic heterocycles. The average molecular weight is 412 g/mol. The lowest BCUT2D eigenvalue weighted by Crippen LogP contribution is -2.07. The fourth-order valence-corrected chi connectivity index (χ4v) is 4.09. The van der Waals surface area contributed by atoms with Crippen LogP contribution in [0.4, 0.5) is 14.6 Å². The number of rotatable bonds is 7. The van der Waals surface area contributed by atoms with Crippen LogP contribution in [0, 0.1) is 12.3 Å². The van der Waals surface area contributed by atoms with Gasteiger partial charge in [-0.05, 0) is 31.9 Å². The Kier molecular flexibility index (Phi) is 4.41. The molecule has 3 heterocycles. The first-order valence-corrected chi connectivity index (χ1v) is 9.91. The van der Waals surface area contributed by atoms with Crippen LogP contribution in [-0.4, -0.2) is 30.8 Å². The van der Waals surface area contributed by atoms with Crippen molar-refractivity contribution in [2.24, 2.45) is 12.5 Å². The first-order chi connectivity index (χ1) is 14.4. The van der Waals surface area contributed by atoms with Gasteiger partial charge in [0, 0.05) is 60.2 Å². The summed E-state index contributed by atoms with van der Waals surface area (Å²) >= 11 is 0. The fourth-order valence-electron chi connectivity index (χ4n) is 4.09. The van der Waals surface area contributed by atoms with Crippen molar-refractivity contribution in [1.29, 1.82) is 0 Å². The van der Waals surface area contributed by atoms with Gasteiger partial charge in [-0.25, -0.2) is 13.8 Å². The summed E-state index contributed by atoms with van der Waals surface area (Å²) in [5.74, 6) is 2.14. The summed E-state index contributed by atoms with van der Waals surface area (Å²) in [5, 5.41) is 7.44. The molecule has 0 amide bonds. The van der Waals surface area contributed by atoms with Crippen LogP contribution in [0.2, 0.25) is 0 Å². The number of alkyl halides is 2. The number of aromatic nitrogens is 5. The highest BCUT2D eigenvalue weighted by molar-refractivity contribution is 5.40. The normalized spacial score (nSPS) is 24.3. The van der Waals surface area contributed by atoms with E-state index in [1.807, 2.05) is 32.4 Å². The van der Waals surface area contributed by atoms with Crippen LogP contribution in [0.25, 0.3) is 0 Å². The standard InChI is InChI=1S/C21H22F2N6O/c1-12-27-18(25-8-13-9-26-29(2)11-13)5-19(28-12)30-17-7-21(17)6-15(21)16-4-3-14(10-24-16)20(22)23/h3-5,9-11,15,17,20H,6-8H2,1-2H3,(H,25,27,28)/t15-,17-,21+/m1/s1. The predicted octanol–water partition coefficient (Wildman–Crippen LogP) is 3.79. The predicted molar refractivity (Wildman–Crippen MR) is 105 cm³/mol. The minimum Gasteiger partial charge on any atom is -0.474 e. The van der Waals surface area contributed by atoms with Gasteiger partial charge in [-0.1, -0.05) is 0 Å². The Balaban J connectivity index is 1.21. The molecule has 0 radical (unpaired) electrons. The van der Waals surface area contributed by atoms with E-state index in [1.54, 1.807) is 10.7 Å². The van der Waals surface area contributed by atoms with E-state index in [-0.39, 0.29) is 23.0 Å². The van der Waals surface area contributed by atoms with Crippen molar-refractivity contribution in [3.8, 4) is 5.88 Å². The topological polar surface area (TPSA) is 77.8 Å². The van der Waals surface area contributed by atoms with Crippen LogP contribution in [-0.2, 0) is 13.6 Å². The van der Waals surface area contributed by atoms with Crippen LogP contribution >= 0.6 is 0 Å². The lowest BCUT2D eigenvalue weighted by atomic mass is 10.2. The van der Waals surface area contributed by atoms with Crippen molar-refractivity contribution >= 4 is 5.82 Å². The molecule has 156 valence electrons. The molecule has 1 spiro atoms. The molecule has 0 unspecified atom stereocenters. The number of halogens is 2. The molecule has 0 aromatic carbocycles. The molecule has 3 atom stereocenters. The Morgan fingerprint density at radius 2 is 2.13 bits per heavy atom. The van der Waals surface area contributed by atoms with Crippen molar-refractivity contribution in [3.05, 3.63) is 59.4 Å². The minimum atomic E-state index is -2.49. The van der Waals surface area contributed by atoms with Crippen molar-refractivity contribution in [1.82, 2.24) is 24.7 Å². The van der Waals surface area contributed by atoms with Crippen LogP contribution in [0.3, 0.4) is 0 Å². The number of nitrogens with one attached hydrogen (secondary N) is 1. The number of aryl methyl sites for hydroxylation is 2. The average Bonchev–Trinajstić information content (AvgIpc) is 3.56. The van der Waals surface area contributed by atoms with Gasteiger partial charge in [-0.2, -0.15) is 10.1 Å². The molecule has 5 rings (SSSR count). The molecule has 30 heavy (non-hydrogen) atoms. The Morgan fingerprint density at radius 3 is 2.83 bits per heavy atom. The van der Waals surface area contributed by atoms with E-state index in [9.17, 15) is 8.78 Å². The van der Waals surface area contributed by atoms with Gasteiger partial charge < -0.3 is 10.1 Å². The summed E-state index contributed by atoms with van der Waals surface area (Å²) in [6.07, 6.45) is 4.51. The van der Waals surface area contributed by atoms with Crippen LogP contribution in [0.5, 0.6) is 5.88 Å². The van der Waals surface area contributed by atoms with Gasteiger partial charge in [0.25, 0.3) is 6.43 Å². The van der Waals surface area contributed by atoms with Crippen LogP contribution in [0.1, 0.15) is 47.8 Å². The van der Waals surface area contributed by atoms with Crippen molar-refractivity contribution < 1.29 is 13.5 Å². The summed E-state index contributed by atoms with van der Waals surface area (Å²) in [6.45, 7) is 2.44. The zero-order chi connectivity index (χ0) is 20.9. The lowest BCUT2D eigenvalue weighted by Gasteiger charge is -2.09. The maximum absolute atomic E-state index is 12.7. The summed E-state index contributed by atoms with van der Waals surface area (Å²) in [4.78, 5) is 13.1. The zero-order valence-corrected chi connectivity index (χ0v) is 16.7. The van der Waals surface area contributed by atoms with E-state index >= 15 is 0 Å². The third-order valence-electron chi connectivity index (χ3n) is 5.89. The first-order valence-electron chi connectivity index (χ1n) is 9.91. The fraction of sp³-hybridized carbons (Fsp3) is 0.429. The molecule has 2 saturated carbocycles. The van der Waals surface area contributed by atoms with Gasteiger partial charge in [0.15, 0.2) is 0 Å². The lowest BCUT2D eigenvalue weighted by molar-refractivity contribution is 0.151. The van der Waals surface area contributed by atoms with E-state index < -0.39 is 6.43 Å². The number of nitrogens with zero attached hydrogens (tertiary/aromatic N) is 5. The van der Waals surface area contributed by atoms with E-state index in [0.29, 0.717) is 24.1 Å². The summed E-state index contributed by atoms with van der Waals surface area (Å²) in [5.41, 5.74) is 1.95. The number of ether oxygens (including phenoxy) is 1. The Labute approximate surface area is 172 Å². The molecule has 0 saturated heterocycles. The van der Waals surface area contributed by atoms with Crippen molar-refractivity contribution in [2.45, 2.75) is 44.8 Å². The SMILES string of the molecule is Cc1nc(NCc2cnn(C)c2)cc(O[C@@H]2C[C@]23C[C@@H]3c2ccc(C(F)F)cn2)n1. The van der Waals surface area contributed by atoms with Gasteiger partial charge in [0.1, 0.15) is 17.7 Å². The smallest absolute Gasteiger partial charge is 0.265 e. The van der Waals surface area contributed by atoms with Gasteiger partial charge in [-0.3, -0.25) is 9.67 Å². The van der Waals surface area contributed by atoms with E-state index in [2.05, 4.69) is 25.4 Å². The molecule has 7 nitrogen and oxygen atoms in total. The largest absolute Gasteiger partial charge is 0.474 e. The van der Waals surface area contributed by atoms with Crippen molar-refractivity contribution in [2.75, 3.05) is 5.32 Å². The second kappa shape index (κ2) is 7.00. The highest BCUT2D eigenvalue weighted by Gasteiger charge is 2.73. The Hall–Kier alpha value is -3.10. The quantitative estimate of drug-likeness (QED) is 0.636. The van der Waals surface area contributed by atoms with Crippen molar-refractivity contribution in [3.63, 3.8) is 0 Å². The van der Waals surface area contributed by atoms with Crippen LogP contribution < -0.4 is 10.1 Å². The Morgan fingerprint density at radius 1 is 1.27 bits per heavy atom. The minimum absolute atomic E-state index is 0.0418. The molecule has 9 heteroatoms. The highest BCUT2D eigenvalue weighted by Crippen LogP contribution is 2.75. The summed E-state index contributed by atoms with van der Waals surface area (Å²) in [6, 6.07) is 4.99. The van der Waals surface area contributed by atoms with Crippen LogP contribution in [0.15, 0.2) is 36.8 Å². The maximum atomic E-state index is 12.7. The molecule has 2 fully saturated rings. The molecule has 0 bridgehead atoms. The second-order valence-corrected chi connectivity index (χ2v) is 8.13. The van der Waals surface area contributed by atoms with Gasteiger partial charge in [-0.15, -0.1) is 0 Å². The Bertz CT molecular complexity index is 1070. The van der Waals surface area contributed by atoms with Gasteiger partial charge in [0.2, 0.25) is 5.88 Å². The molecule has 1 N–H and O–H groups in total. The molecule has 0 aliphatic heterocycles. The zero-order valence-electron chi connectivity index (χ0n) is 16.7. The van der Waals surface area contributed by atoms with E-state index in [0.717, 1.165) is 24.1 Å². The highest BCUT2D eigenvalue weighted by atomic mass is 19.3. The number of hydrogen-bond donors (Lipinski definition) is 1. The number of pyridine rings is 1. The summed E-state index contributed by atoms with van der Waals surface area (Å²) in [7, 11) is 1.88. The third kappa shape index (κ3) is 3.59. The number of hydrogen-bond acceptors (Lipinski definition) is 6. The van der Waals surface area contributed by atoms with E-state index in [1.165, 1.54) is 12.3 Å².